The Labute approximate surface area is 134 Å². The number of rotatable bonds is 3. The quantitative estimate of drug-likeness (QED) is 0.867. The zero-order chi connectivity index (χ0) is 15.8. The van der Waals surface area contributed by atoms with Gasteiger partial charge in [-0.3, -0.25) is 0 Å². The van der Waals surface area contributed by atoms with E-state index < -0.39 is 0 Å². The van der Waals surface area contributed by atoms with Crippen LogP contribution in [0.2, 0.25) is 10.0 Å². The van der Waals surface area contributed by atoms with Gasteiger partial charge in [-0.05, 0) is 33.9 Å². The molecule has 0 aliphatic carbocycles. The van der Waals surface area contributed by atoms with E-state index in [4.69, 9.17) is 28.9 Å². The molecule has 2 aromatic rings. The van der Waals surface area contributed by atoms with Gasteiger partial charge in [-0.1, -0.05) is 50.9 Å². The fourth-order valence-electron chi connectivity index (χ4n) is 1.81. The van der Waals surface area contributed by atoms with Crippen molar-refractivity contribution in [3.63, 3.8) is 0 Å². The first-order valence-electron chi connectivity index (χ1n) is 6.71. The van der Waals surface area contributed by atoms with Crippen molar-refractivity contribution in [3.05, 3.63) is 22.2 Å². The van der Waals surface area contributed by atoms with Crippen LogP contribution in [0.4, 0.5) is 5.69 Å². The molecule has 0 spiro atoms. The van der Waals surface area contributed by atoms with Gasteiger partial charge in [0, 0.05) is 12.1 Å². The highest BCUT2D eigenvalue weighted by molar-refractivity contribution is 6.43. The summed E-state index contributed by atoms with van der Waals surface area (Å²) in [4.78, 5) is 0. The van der Waals surface area contributed by atoms with Crippen LogP contribution in [-0.4, -0.2) is 20.2 Å². The number of aromatic nitrogens is 4. The van der Waals surface area contributed by atoms with Crippen molar-refractivity contribution in [1.29, 1.82) is 0 Å². The summed E-state index contributed by atoms with van der Waals surface area (Å²) in [6, 6.07) is 3.46. The van der Waals surface area contributed by atoms with Gasteiger partial charge in [0.05, 0.1) is 15.7 Å². The summed E-state index contributed by atoms with van der Waals surface area (Å²) in [6.45, 7) is 9.47. The van der Waals surface area contributed by atoms with Crippen LogP contribution in [0.3, 0.4) is 0 Å². The molecule has 0 bridgehead atoms. The molecule has 2 rings (SSSR count). The number of hydrogen-bond donors (Lipinski definition) is 1. The van der Waals surface area contributed by atoms with Crippen LogP contribution < -0.4 is 5.73 Å². The van der Waals surface area contributed by atoms with Gasteiger partial charge in [0.25, 0.3) is 0 Å². The summed E-state index contributed by atoms with van der Waals surface area (Å²) in [7, 11) is 0. The van der Waals surface area contributed by atoms with Crippen molar-refractivity contribution in [2.45, 2.75) is 34.2 Å². The van der Waals surface area contributed by atoms with E-state index in [9.17, 15) is 0 Å². The molecule has 1 aromatic heterocycles. The fraction of sp³-hybridized carbons (Fsp3) is 0.500. The maximum atomic E-state index is 6.08. The molecule has 0 saturated carbocycles. The maximum Gasteiger partial charge on any atom is 0.182 e. The minimum absolute atomic E-state index is 0.167. The van der Waals surface area contributed by atoms with Crippen LogP contribution in [0, 0.1) is 11.3 Å². The molecule has 5 nitrogen and oxygen atoms in total. The third-order valence-corrected chi connectivity index (χ3v) is 4.59. The van der Waals surface area contributed by atoms with Gasteiger partial charge >= 0.3 is 0 Å². The van der Waals surface area contributed by atoms with Crippen molar-refractivity contribution in [3.8, 4) is 11.4 Å². The number of nitrogens with two attached hydrogens (primary N) is 1. The number of nitrogens with zero attached hydrogens (tertiary/aromatic N) is 4. The first kappa shape index (κ1) is 16.0. The van der Waals surface area contributed by atoms with Crippen LogP contribution in [0.1, 0.15) is 27.7 Å². The van der Waals surface area contributed by atoms with Crippen molar-refractivity contribution in [2.75, 3.05) is 5.73 Å². The summed E-state index contributed by atoms with van der Waals surface area (Å²) in [5, 5.41) is 12.6. The second-order valence-corrected chi connectivity index (χ2v) is 7.10. The molecule has 1 atom stereocenters. The lowest BCUT2D eigenvalue weighted by Gasteiger charge is -2.27. The average Bonchev–Trinajstić information content (AvgIpc) is 2.82. The van der Waals surface area contributed by atoms with Crippen molar-refractivity contribution < 1.29 is 0 Å². The van der Waals surface area contributed by atoms with Crippen LogP contribution in [0.25, 0.3) is 11.4 Å². The lowest BCUT2D eigenvalue weighted by Crippen LogP contribution is -2.23. The van der Waals surface area contributed by atoms with Crippen LogP contribution >= 0.6 is 23.2 Å². The van der Waals surface area contributed by atoms with E-state index in [0.717, 1.165) is 5.56 Å². The van der Waals surface area contributed by atoms with Crippen molar-refractivity contribution in [2.24, 2.45) is 11.3 Å². The molecule has 2 N–H and O–H groups in total. The molecule has 0 aliphatic heterocycles. The molecule has 0 aliphatic rings. The second kappa shape index (κ2) is 5.81. The summed E-state index contributed by atoms with van der Waals surface area (Å²) < 4.78 is 1.77. The molecule has 1 heterocycles. The lowest BCUT2D eigenvalue weighted by atomic mass is 9.82. The third kappa shape index (κ3) is 3.47. The summed E-state index contributed by atoms with van der Waals surface area (Å²) in [5.74, 6) is 1.04. The highest BCUT2D eigenvalue weighted by Crippen LogP contribution is 2.33. The highest BCUT2D eigenvalue weighted by Gasteiger charge is 2.23. The number of nitrogen functional groups attached to an aromatic ring is 1. The normalized spacial score (nSPS) is 13.4. The average molecular weight is 328 g/mol. The van der Waals surface area contributed by atoms with Gasteiger partial charge in [0.1, 0.15) is 0 Å². The predicted molar refractivity (Wildman–Crippen MR) is 86.3 cm³/mol. The number of hydrogen-bond acceptors (Lipinski definition) is 4. The minimum Gasteiger partial charge on any atom is -0.397 e. The maximum absolute atomic E-state index is 6.08. The van der Waals surface area contributed by atoms with Crippen molar-refractivity contribution >= 4 is 28.9 Å². The van der Waals surface area contributed by atoms with Crippen LogP contribution in [-0.2, 0) is 6.54 Å². The molecule has 0 fully saturated rings. The Kier molecular flexibility index (Phi) is 4.44. The highest BCUT2D eigenvalue weighted by atomic mass is 35.5. The van der Waals surface area contributed by atoms with Crippen LogP contribution in [0.15, 0.2) is 12.1 Å². The molecule has 0 amide bonds. The van der Waals surface area contributed by atoms with Gasteiger partial charge in [-0.15, -0.1) is 5.10 Å². The van der Waals surface area contributed by atoms with Gasteiger partial charge in [-0.2, -0.15) is 0 Å². The molecule has 1 aromatic carbocycles. The van der Waals surface area contributed by atoms with Gasteiger partial charge in [0.15, 0.2) is 5.82 Å². The summed E-state index contributed by atoms with van der Waals surface area (Å²) >= 11 is 12.1. The SMILES string of the molecule is CC(Cn1nnnc1-c1cc(N)c(Cl)c(Cl)c1)C(C)(C)C. The Morgan fingerprint density at radius 2 is 1.95 bits per heavy atom. The molecule has 0 saturated heterocycles. The van der Waals surface area contributed by atoms with E-state index >= 15 is 0 Å². The van der Waals surface area contributed by atoms with E-state index in [1.54, 1.807) is 16.8 Å². The van der Waals surface area contributed by atoms with Gasteiger partial charge in [0.2, 0.25) is 0 Å². The molecule has 21 heavy (non-hydrogen) atoms. The lowest BCUT2D eigenvalue weighted by molar-refractivity contribution is 0.225. The molecular weight excluding hydrogens is 309 g/mol. The second-order valence-electron chi connectivity index (χ2n) is 6.31. The topological polar surface area (TPSA) is 69.6 Å². The molecule has 114 valence electrons. The number of anilines is 1. The minimum atomic E-state index is 0.167. The van der Waals surface area contributed by atoms with E-state index in [1.165, 1.54) is 0 Å². The van der Waals surface area contributed by atoms with Gasteiger partial charge < -0.3 is 5.73 Å². The summed E-state index contributed by atoms with van der Waals surface area (Å²) in [6.07, 6.45) is 0. The Morgan fingerprint density at radius 1 is 1.29 bits per heavy atom. The molecule has 7 heteroatoms. The third-order valence-electron chi connectivity index (χ3n) is 3.77. The Bertz CT molecular complexity index is 622. The first-order valence-corrected chi connectivity index (χ1v) is 7.46. The first-order chi connectivity index (χ1) is 9.70. The monoisotopic (exact) mass is 327 g/mol. The molecular formula is C14H19Cl2N5. The molecule has 0 radical (unpaired) electrons. The van der Waals surface area contributed by atoms with E-state index in [2.05, 4.69) is 43.2 Å². The fourth-order valence-corrected chi connectivity index (χ4v) is 2.14. The Hall–Kier alpha value is -1.33. The van der Waals surface area contributed by atoms with Crippen LogP contribution in [0.5, 0.6) is 0 Å². The van der Waals surface area contributed by atoms with E-state index in [-0.39, 0.29) is 5.41 Å². The Balaban J connectivity index is 2.37. The number of tetrazole rings is 1. The van der Waals surface area contributed by atoms with Crippen molar-refractivity contribution in [1.82, 2.24) is 20.2 Å². The summed E-state index contributed by atoms with van der Waals surface area (Å²) in [5.41, 5.74) is 7.19. The zero-order valence-corrected chi connectivity index (χ0v) is 14.1. The van der Waals surface area contributed by atoms with E-state index in [0.29, 0.717) is 34.0 Å². The standard InChI is InChI=1S/C14H19Cl2N5/c1-8(14(2,3)4)7-21-13(18-19-20-21)9-5-10(15)12(16)11(17)6-9/h5-6,8H,7,17H2,1-4H3. The van der Waals surface area contributed by atoms with Gasteiger partial charge in [-0.25, -0.2) is 4.68 Å². The number of benzene rings is 1. The smallest absolute Gasteiger partial charge is 0.182 e. The largest absolute Gasteiger partial charge is 0.397 e. The van der Waals surface area contributed by atoms with E-state index in [1.807, 2.05) is 0 Å². The Morgan fingerprint density at radius 3 is 2.52 bits per heavy atom. The number of halogens is 2. The molecule has 1 unspecified atom stereocenters. The predicted octanol–water partition coefficient (Wildman–Crippen LogP) is 3.91. The zero-order valence-electron chi connectivity index (χ0n) is 12.6.